The van der Waals surface area contributed by atoms with Gasteiger partial charge >= 0.3 is 0 Å². The fourth-order valence-electron chi connectivity index (χ4n) is 3.83. The molecule has 0 saturated carbocycles. The molecule has 2 aromatic carbocycles. The van der Waals surface area contributed by atoms with Crippen LogP contribution in [0.1, 0.15) is 29.3 Å². The molecule has 1 N–H and O–H groups in total. The molecule has 144 valence electrons. The summed E-state index contributed by atoms with van der Waals surface area (Å²) in [7, 11) is 0. The fourth-order valence-corrected chi connectivity index (χ4v) is 4.98. The van der Waals surface area contributed by atoms with Gasteiger partial charge in [0, 0.05) is 19.0 Å². The number of aromatic nitrogens is 1. The number of aliphatic hydroxyl groups excluding tert-OH is 1. The van der Waals surface area contributed by atoms with E-state index in [0.29, 0.717) is 13.1 Å². The summed E-state index contributed by atoms with van der Waals surface area (Å²) < 4.78 is 1.16. The topological polar surface area (TPSA) is 53.4 Å². The lowest BCUT2D eigenvalue weighted by atomic mass is 9.82. The molecular weight excluding hydrogens is 368 g/mol. The highest BCUT2D eigenvalue weighted by Crippen LogP contribution is 2.39. The number of nitrogens with zero attached hydrogens (tertiary/aromatic N) is 2. The molecule has 1 amide bonds. The Bertz CT molecular complexity index is 934. The van der Waals surface area contributed by atoms with E-state index in [1.165, 1.54) is 0 Å². The summed E-state index contributed by atoms with van der Waals surface area (Å²) in [5, 5.41) is 10.6. The molecule has 2 atom stereocenters. The maximum Gasteiger partial charge on any atom is 0.227 e. The van der Waals surface area contributed by atoms with Gasteiger partial charge in [-0.15, -0.1) is 11.3 Å². The normalized spacial score (nSPS) is 19.0. The summed E-state index contributed by atoms with van der Waals surface area (Å²) >= 11 is 1.69. The first-order chi connectivity index (χ1) is 13.8. The molecule has 1 aliphatic rings. The standard InChI is InChI=1S/C23H24N2O2S/c26-15-14-25(16-17-8-2-1-3-9-17)23(27)19-11-5-4-10-18(19)22-24-20-12-6-7-13-21(20)28-22/h1-9,12-13,18-19,26H,10-11,14-16H2. The zero-order valence-corrected chi connectivity index (χ0v) is 16.5. The smallest absolute Gasteiger partial charge is 0.227 e. The molecule has 4 nitrogen and oxygen atoms in total. The monoisotopic (exact) mass is 392 g/mol. The lowest BCUT2D eigenvalue weighted by Crippen LogP contribution is -2.40. The molecule has 1 aromatic heterocycles. The first-order valence-corrected chi connectivity index (χ1v) is 10.5. The Kier molecular flexibility index (Phi) is 5.84. The SMILES string of the molecule is O=C(C1CC=CCC1c1nc2ccccc2s1)N(CCO)Cc1ccccc1. The van der Waals surface area contributed by atoms with E-state index < -0.39 is 0 Å². The number of hydrogen-bond acceptors (Lipinski definition) is 4. The van der Waals surface area contributed by atoms with Gasteiger partial charge in [0.15, 0.2) is 0 Å². The van der Waals surface area contributed by atoms with Crippen LogP contribution in [0.5, 0.6) is 0 Å². The number of allylic oxidation sites excluding steroid dienone is 2. The summed E-state index contributed by atoms with van der Waals surface area (Å²) in [5.74, 6) is 0.0548. The van der Waals surface area contributed by atoms with Crippen LogP contribution < -0.4 is 0 Å². The van der Waals surface area contributed by atoms with Crippen molar-refractivity contribution in [3.05, 3.63) is 77.3 Å². The number of amides is 1. The highest BCUT2D eigenvalue weighted by atomic mass is 32.1. The van der Waals surface area contributed by atoms with Crippen LogP contribution in [-0.4, -0.2) is 34.0 Å². The molecule has 0 saturated heterocycles. The van der Waals surface area contributed by atoms with Crippen molar-refractivity contribution in [3.63, 3.8) is 0 Å². The third kappa shape index (κ3) is 4.01. The van der Waals surface area contributed by atoms with Gasteiger partial charge < -0.3 is 10.0 Å². The lowest BCUT2D eigenvalue weighted by molar-refractivity contribution is -0.137. The zero-order chi connectivity index (χ0) is 19.3. The minimum absolute atomic E-state index is 0.0348. The van der Waals surface area contributed by atoms with Gasteiger partial charge in [0.25, 0.3) is 0 Å². The van der Waals surface area contributed by atoms with Crippen LogP contribution in [0.15, 0.2) is 66.7 Å². The number of aliphatic hydroxyl groups is 1. The van der Waals surface area contributed by atoms with Gasteiger partial charge in [-0.05, 0) is 30.5 Å². The fraction of sp³-hybridized carbons (Fsp3) is 0.304. The number of hydrogen-bond donors (Lipinski definition) is 1. The van der Waals surface area contributed by atoms with Gasteiger partial charge in [-0.3, -0.25) is 4.79 Å². The minimum Gasteiger partial charge on any atom is -0.395 e. The van der Waals surface area contributed by atoms with Crippen LogP contribution in [0, 0.1) is 5.92 Å². The van der Waals surface area contributed by atoms with E-state index in [9.17, 15) is 9.90 Å². The second kappa shape index (κ2) is 8.67. The molecule has 0 fully saturated rings. The highest BCUT2D eigenvalue weighted by Gasteiger charge is 2.34. The Morgan fingerprint density at radius 3 is 2.61 bits per heavy atom. The van der Waals surface area contributed by atoms with E-state index in [2.05, 4.69) is 18.2 Å². The third-order valence-corrected chi connectivity index (χ3v) is 6.44. The van der Waals surface area contributed by atoms with Gasteiger partial charge in [0.05, 0.1) is 27.7 Å². The summed E-state index contributed by atoms with van der Waals surface area (Å²) in [4.78, 5) is 20.1. The Morgan fingerprint density at radius 2 is 1.82 bits per heavy atom. The van der Waals surface area contributed by atoms with Crippen molar-refractivity contribution < 1.29 is 9.90 Å². The maximum atomic E-state index is 13.4. The molecule has 1 aliphatic carbocycles. The number of thiazole rings is 1. The van der Waals surface area contributed by atoms with Crippen LogP contribution in [0.3, 0.4) is 0 Å². The first kappa shape index (κ1) is 18.8. The molecule has 0 aliphatic heterocycles. The lowest BCUT2D eigenvalue weighted by Gasteiger charge is -2.32. The first-order valence-electron chi connectivity index (χ1n) is 9.70. The van der Waals surface area contributed by atoms with Gasteiger partial charge in [0.2, 0.25) is 5.91 Å². The van der Waals surface area contributed by atoms with E-state index in [4.69, 9.17) is 4.98 Å². The largest absolute Gasteiger partial charge is 0.395 e. The molecule has 2 unspecified atom stereocenters. The van der Waals surface area contributed by atoms with Crippen molar-refractivity contribution in [3.8, 4) is 0 Å². The molecule has 4 rings (SSSR count). The van der Waals surface area contributed by atoms with Gasteiger partial charge in [-0.1, -0.05) is 54.6 Å². The quantitative estimate of drug-likeness (QED) is 0.634. The van der Waals surface area contributed by atoms with Gasteiger partial charge in [-0.25, -0.2) is 4.98 Å². The second-order valence-corrected chi connectivity index (χ2v) is 8.21. The molecule has 5 heteroatoms. The maximum absolute atomic E-state index is 13.4. The molecular formula is C23H24N2O2S. The third-order valence-electron chi connectivity index (χ3n) is 5.28. The number of rotatable bonds is 6. The number of benzene rings is 2. The Morgan fingerprint density at radius 1 is 1.07 bits per heavy atom. The number of carbonyl (C=O) groups excluding carboxylic acids is 1. The van der Waals surface area contributed by atoms with Crippen molar-refractivity contribution >= 4 is 27.5 Å². The Labute approximate surface area is 169 Å². The van der Waals surface area contributed by atoms with E-state index in [-0.39, 0.29) is 24.3 Å². The number of carbonyl (C=O) groups is 1. The summed E-state index contributed by atoms with van der Waals surface area (Å²) in [5.41, 5.74) is 2.08. The highest BCUT2D eigenvalue weighted by molar-refractivity contribution is 7.18. The summed E-state index contributed by atoms with van der Waals surface area (Å²) in [6.07, 6.45) is 5.81. The molecule has 1 heterocycles. The average Bonchev–Trinajstić information content (AvgIpc) is 3.18. The summed E-state index contributed by atoms with van der Waals surface area (Å²) in [6, 6.07) is 18.1. The molecule has 0 bridgehead atoms. The number of para-hydroxylation sites is 1. The van der Waals surface area contributed by atoms with Crippen molar-refractivity contribution in [1.29, 1.82) is 0 Å². The van der Waals surface area contributed by atoms with Crippen molar-refractivity contribution in [2.45, 2.75) is 25.3 Å². The molecule has 28 heavy (non-hydrogen) atoms. The van der Waals surface area contributed by atoms with Crippen LogP contribution in [-0.2, 0) is 11.3 Å². The van der Waals surface area contributed by atoms with E-state index in [0.717, 1.165) is 33.6 Å². The number of fused-ring (bicyclic) bond motifs is 1. The molecule has 0 spiro atoms. The van der Waals surface area contributed by atoms with E-state index in [1.807, 2.05) is 48.5 Å². The van der Waals surface area contributed by atoms with Crippen LogP contribution >= 0.6 is 11.3 Å². The van der Waals surface area contributed by atoms with Crippen LogP contribution in [0.25, 0.3) is 10.2 Å². The molecule has 3 aromatic rings. The van der Waals surface area contributed by atoms with E-state index >= 15 is 0 Å². The van der Waals surface area contributed by atoms with Crippen LogP contribution in [0.2, 0.25) is 0 Å². The minimum atomic E-state index is -0.138. The van der Waals surface area contributed by atoms with E-state index in [1.54, 1.807) is 16.2 Å². The Balaban J connectivity index is 1.60. The van der Waals surface area contributed by atoms with Crippen molar-refractivity contribution in [2.75, 3.05) is 13.2 Å². The van der Waals surface area contributed by atoms with Crippen molar-refractivity contribution in [1.82, 2.24) is 9.88 Å². The van der Waals surface area contributed by atoms with Gasteiger partial charge in [-0.2, -0.15) is 0 Å². The second-order valence-electron chi connectivity index (χ2n) is 7.14. The Hall–Kier alpha value is -2.50. The predicted molar refractivity (Wildman–Crippen MR) is 113 cm³/mol. The predicted octanol–water partition coefficient (Wildman–Crippen LogP) is 4.37. The van der Waals surface area contributed by atoms with Crippen molar-refractivity contribution in [2.24, 2.45) is 5.92 Å². The van der Waals surface area contributed by atoms with Crippen LogP contribution in [0.4, 0.5) is 0 Å². The average molecular weight is 393 g/mol. The zero-order valence-electron chi connectivity index (χ0n) is 15.7. The van der Waals surface area contributed by atoms with Gasteiger partial charge in [0.1, 0.15) is 0 Å². The summed E-state index contributed by atoms with van der Waals surface area (Å²) in [6.45, 7) is 0.834. The molecule has 0 radical (unpaired) electrons.